The van der Waals surface area contributed by atoms with Gasteiger partial charge in [-0.25, -0.2) is 4.68 Å². The van der Waals surface area contributed by atoms with Crippen LogP contribution in [0.1, 0.15) is 30.6 Å². The molecule has 29 heavy (non-hydrogen) atoms. The minimum absolute atomic E-state index is 0.00654. The second kappa shape index (κ2) is 7.72. The molecule has 0 spiro atoms. The summed E-state index contributed by atoms with van der Waals surface area (Å²) in [4.78, 5) is 25.2. The van der Waals surface area contributed by atoms with Crippen molar-refractivity contribution in [2.45, 2.75) is 32.7 Å². The Morgan fingerprint density at radius 1 is 1.24 bits per heavy atom. The van der Waals surface area contributed by atoms with Gasteiger partial charge in [-0.3, -0.25) is 9.59 Å². The number of halogens is 1. The smallest absolute Gasteiger partial charge is 0.251 e. The van der Waals surface area contributed by atoms with E-state index in [0.717, 1.165) is 22.4 Å². The fourth-order valence-corrected chi connectivity index (χ4v) is 3.81. The summed E-state index contributed by atoms with van der Waals surface area (Å²) >= 11 is 6.16. The zero-order valence-corrected chi connectivity index (χ0v) is 17.0. The zero-order chi connectivity index (χ0) is 20.5. The molecule has 1 aliphatic rings. The first kappa shape index (κ1) is 19.2. The first-order valence-electron chi connectivity index (χ1n) is 9.51. The molecule has 1 aromatic heterocycles. The molecular weight excluding hydrogens is 388 g/mol. The van der Waals surface area contributed by atoms with E-state index >= 15 is 0 Å². The van der Waals surface area contributed by atoms with Crippen molar-refractivity contribution in [3.8, 4) is 11.1 Å². The van der Waals surface area contributed by atoms with Crippen LogP contribution in [0.25, 0.3) is 11.1 Å². The van der Waals surface area contributed by atoms with E-state index in [1.54, 1.807) is 10.7 Å². The fraction of sp³-hybridized carbons (Fsp3) is 0.227. The van der Waals surface area contributed by atoms with E-state index in [9.17, 15) is 9.59 Å². The Labute approximate surface area is 173 Å². The molecular formula is C22H21ClN4O2. The van der Waals surface area contributed by atoms with Crippen LogP contribution in [0.5, 0.6) is 0 Å². The van der Waals surface area contributed by atoms with Crippen molar-refractivity contribution in [3.05, 3.63) is 64.8 Å². The Bertz CT molecular complexity index is 1110. The Kier molecular flexibility index (Phi) is 5.11. The number of hydrogen-bond donors (Lipinski definition) is 2. The van der Waals surface area contributed by atoms with Crippen LogP contribution in [0.15, 0.2) is 48.5 Å². The Morgan fingerprint density at radius 2 is 2.03 bits per heavy atom. The lowest BCUT2D eigenvalue weighted by molar-refractivity contribution is -0.123. The molecule has 0 radical (unpaired) electrons. The molecule has 148 valence electrons. The molecule has 2 amide bonds. The Hall–Kier alpha value is -3.12. The van der Waals surface area contributed by atoms with Crippen molar-refractivity contribution >= 4 is 34.9 Å². The summed E-state index contributed by atoms with van der Waals surface area (Å²) in [7, 11) is 0. The summed E-state index contributed by atoms with van der Waals surface area (Å²) in [5, 5.41) is 11.0. The van der Waals surface area contributed by atoms with Gasteiger partial charge in [-0.1, -0.05) is 42.8 Å². The minimum atomic E-state index is -0.687. The van der Waals surface area contributed by atoms with Gasteiger partial charge in [0.05, 0.1) is 12.1 Å². The number of benzene rings is 2. The van der Waals surface area contributed by atoms with Crippen molar-refractivity contribution < 1.29 is 9.59 Å². The summed E-state index contributed by atoms with van der Waals surface area (Å²) in [6.07, 6.45) is 0.701. The molecule has 4 rings (SSSR count). The highest BCUT2D eigenvalue weighted by Gasteiger charge is 2.36. The number of aromatic nitrogens is 2. The van der Waals surface area contributed by atoms with Crippen molar-refractivity contribution in [2.24, 2.45) is 0 Å². The maximum Gasteiger partial charge on any atom is 0.251 e. The van der Waals surface area contributed by atoms with E-state index in [0.29, 0.717) is 22.9 Å². The van der Waals surface area contributed by atoms with Crippen LogP contribution in [-0.2, 0) is 16.0 Å². The van der Waals surface area contributed by atoms with Crippen LogP contribution in [0.3, 0.4) is 0 Å². The first-order chi connectivity index (χ1) is 14.0. The van der Waals surface area contributed by atoms with Crippen LogP contribution in [0, 0.1) is 6.92 Å². The van der Waals surface area contributed by atoms with Crippen molar-refractivity contribution in [1.29, 1.82) is 0 Å². The van der Waals surface area contributed by atoms with Gasteiger partial charge in [-0.05, 0) is 48.7 Å². The van der Waals surface area contributed by atoms with E-state index in [1.165, 1.54) is 0 Å². The number of amides is 2. The highest BCUT2D eigenvalue weighted by Crippen LogP contribution is 2.39. The SMILES string of the molecule is CCc1nn2c(c1-c1cccc(Cl)c1)NC(=O)C2CC(=O)Nc1cccc(C)c1. The molecule has 2 aromatic carbocycles. The average Bonchev–Trinajstić information content (AvgIpc) is 3.17. The van der Waals surface area contributed by atoms with Crippen LogP contribution in [0.2, 0.25) is 5.02 Å². The number of nitrogens with one attached hydrogen (secondary N) is 2. The molecule has 0 aliphatic carbocycles. The molecule has 2 N–H and O–H groups in total. The minimum Gasteiger partial charge on any atom is -0.326 e. The van der Waals surface area contributed by atoms with Crippen LogP contribution < -0.4 is 10.6 Å². The van der Waals surface area contributed by atoms with Gasteiger partial charge in [0, 0.05) is 16.3 Å². The summed E-state index contributed by atoms with van der Waals surface area (Å²) in [5.74, 6) is 0.141. The number of aryl methyl sites for hydroxylation is 2. The number of hydrogen-bond acceptors (Lipinski definition) is 3. The van der Waals surface area contributed by atoms with E-state index in [-0.39, 0.29) is 18.2 Å². The number of fused-ring (bicyclic) bond motifs is 1. The van der Waals surface area contributed by atoms with E-state index in [4.69, 9.17) is 11.6 Å². The first-order valence-corrected chi connectivity index (χ1v) is 9.88. The van der Waals surface area contributed by atoms with Gasteiger partial charge in [0.1, 0.15) is 11.9 Å². The van der Waals surface area contributed by atoms with E-state index < -0.39 is 6.04 Å². The fourth-order valence-electron chi connectivity index (χ4n) is 3.62. The summed E-state index contributed by atoms with van der Waals surface area (Å²) in [5.41, 5.74) is 4.36. The molecule has 1 unspecified atom stereocenters. The molecule has 7 heteroatoms. The maximum atomic E-state index is 12.6. The number of carbonyl (C=O) groups excluding carboxylic acids is 2. The molecule has 1 aliphatic heterocycles. The number of rotatable bonds is 5. The number of anilines is 2. The van der Waals surface area contributed by atoms with Crippen LogP contribution >= 0.6 is 11.6 Å². The van der Waals surface area contributed by atoms with Crippen molar-refractivity contribution in [2.75, 3.05) is 10.6 Å². The molecule has 0 fully saturated rings. The van der Waals surface area contributed by atoms with Crippen LogP contribution in [0.4, 0.5) is 11.5 Å². The molecule has 6 nitrogen and oxygen atoms in total. The number of nitrogens with zero attached hydrogens (tertiary/aromatic N) is 2. The van der Waals surface area contributed by atoms with Crippen LogP contribution in [-0.4, -0.2) is 21.6 Å². The summed E-state index contributed by atoms with van der Waals surface area (Å²) < 4.78 is 1.63. The standard InChI is InChI=1S/C22H21ClN4O2/c1-3-17-20(14-7-5-8-15(23)11-14)21-25-22(29)18(27(21)26-17)12-19(28)24-16-9-4-6-13(2)10-16/h4-11,18H,3,12H2,1-2H3,(H,24,28)(H,25,29). The predicted molar refractivity (Wildman–Crippen MR) is 114 cm³/mol. The zero-order valence-electron chi connectivity index (χ0n) is 16.2. The maximum absolute atomic E-state index is 12.6. The predicted octanol–water partition coefficient (Wildman–Crippen LogP) is 4.60. The molecule has 3 aromatic rings. The number of carbonyl (C=O) groups is 2. The van der Waals surface area contributed by atoms with Crippen molar-refractivity contribution in [1.82, 2.24) is 9.78 Å². The lowest BCUT2D eigenvalue weighted by Gasteiger charge is -2.10. The molecule has 0 bridgehead atoms. The van der Waals surface area contributed by atoms with E-state index in [2.05, 4.69) is 15.7 Å². The third-order valence-electron chi connectivity index (χ3n) is 4.95. The molecule has 0 saturated heterocycles. The molecule has 2 heterocycles. The second-order valence-corrected chi connectivity index (χ2v) is 7.54. The topological polar surface area (TPSA) is 76.0 Å². The van der Waals surface area contributed by atoms with E-state index in [1.807, 2.05) is 56.3 Å². The highest BCUT2D eigenvalue weighted by molar-refractivity contribution is 6.30. The Morgan fingerprint density at radius 3 is 2.76 bits per heavy atom. The van der Waals surface area contributed by atoms with Gasteiger partial charge in [0.15, 0.2) is 0 Å². The Balaban J connectivity index is 1.62. The van der Waals surface area contributed by atoms with Gasteiger partial charge >= 0.3 is 0 Å². The second-order valence-electron chi connectivity index (χ2n) is 7.11. The third kappa shape index (κ3) is 3.76. The third-order valence-corrected chi connectivity index (χ3v) is 5.19. The van der Waals surface area contributed by atoms with Gasteiger partial charge in [0.25, 0.3) is 5.91 Å². The quantitative estimate of drug-likeness (QED) is 0.648. The van der Waals surface area contributed by atoms with Gasteiger partial charge in [0.2, 0.25) is 5.91 Å². The summed E-state index contributed by atoms with van der Waals surface area (Å²) in [6.45, 7) is 3.97. The van der Waals surface area contributed by atoms with Gasteiger partial charge in [-0.2, -0.15) is 5.10 Å². The summed E-state index contributed by atoms with van der Waals surface area (Å²) in [6, 6.07) is 14.3. The lowest BCUT2D eigenvalue weighted by Crippen LogP contribution is -2.24. The normalized spacial score (nSPS) is 15.1. The molecule has 0 saturated carbocycles. The largest absolute Gasteiger partial charge is 0.326 e. The van der Waals surface area contributed by atoms with Gasteiger partial charge < -0.3 is 10.6 Å². The van der Waals surface area contributed by atoms with Gasteiger partial charge in [-0.15, -0.1) is 0 Å². The highest BCUT2D eigenvalue weighted by atomic mass is 35.5. The monoisotopic (exact) mass is 408 g/mol. The van der Waals surface area contributed by atoms with Crippen molar-refractivity contribution in [3.63, 3.8) is 0 Å². The lowest BCUT2D eigenvalue weighted by atomic mass is 10.0. The average molecular weight is 409 g/mol. The molecule has 1 atom stereocenters.